The fourth-order valence-corrected chi connectivity index (χ4v) is 1.86. The first-order valence-corrected chi connectivity index (χ1v) is 5.36. The van der Waals surface area contributed by atoms with Gasteiger partial charge in [0, 0.05) is 6.54 Å². The number of carbonyl (C=O) groups is 1. The third kappa shape index (κ3) is 1.94. The van der Waals surface area contributed by atoms with Crippen LogP contribution in [0.3, 0.4) is 0 Å². The predicted octanol–water partition coefficient (Wildman–Crippen LogP) is 2.58. The number of cyclic esters (lactones) is 1. The van der Waals surface area contributed by atoms with Crippen LogP contribution in [0.5, 0.6) is 0 Å². The second-order valence-corrected chi connectivity index (χ2v) is 3.94. The number of hydrogen-bond donors (Lipinski definition) is 0. The Hall–Kier alpha value is -1.77. The Labute approximate surface area is 95.3 Å². The zero-order chi connectivity index (χ0) is 11.5. The van der Waals surface area contributed by atoms with Crippen molar-refractivity contribution >= 4 is 6.09 Å². The van der Waals surface area contributed by atoms with Crippen LogP contribution in [0.4, 0.5) is 4.79 Å². The SMILES string of the molecule is C=CC1OC(=O)N(Cc2ccccc2)[C@H]1C. The maximum absolute atomic E-state index is 11.6. The van der Waals surface area contributed by atoms with Crippen molar-refractivity contribution in [3.05, 3.63) is 48.6 Å². The summed E-state index contributed by atoms with van der Waals surface area (Å²) in [5.74, 6) is 0. The van der Waals surface area contributed by atoms with E-state index in [1.54, 1.807) is 11.0 Å². The second-order valence-electron chi connectivity index (χ2n) is 3.94. The van der Waals surface area contributed by atoms with Gasteiger partial charge < -0.3 is 4.74 Å². The molecule has 1 aromatic rings. The molecular weight excluding hydrogens is 202 g/mol. The number of carbonyl (C=O) groups excluding carboxylic acids is 1. The third-order valence-electron chi connectivity index (χ3n) is 2.87. The van der Waals surface area contributed by atoms with E-state index < -0.39 is 0 Å². The minimum absolute atomic E-state index is 0.0465. The lowest BCUT2D eigenvalue weighted by atomic mass is 10.1. The summed E-state index contributed by atoms with van der Waals surface area (Å²) in [5, 5.41) is 0. The highest BCUT2D eigenvalue weighted by molar-refractivity contribution is 5.71. The second kappa shape index (κ2) is 4.39. The number of benzene rings is 1. The monoisotopic (exact) mass is 217 g/mol. The van der Waals surface area contributed by atoms with Crippen LogP contribution in [-0.2, 0) is 11.3 Å². The first-order valence-electron chi connectivity index (χ1n) is 5.36. The summed E-state index contributed by atoms with van der Waals surface area (Å²) >= 11 is 0. The quantitative estimate of drug-likeness (QED) is 0.728. The maximum atomic E-state index is 11.6. The van der Waals surface area contributed by atoms with E-state index in [-0.39, 0.29) is 18.2 Å². The van der Waals surface area contributed by atoms with E-state index in [2.05, 4.69) is 6.58 Å². The van der Waals surface area contributed by atoms with Gasteiger partial charge in [0.25, 0.3) is 0 Å². The lowest BCUT2D eigenvalue weighted by molar-refractivity contribution is 0.144. The van der Waals surface area contributed by atoms with Gasteiger partial charge in [-0.05, 0) is 18.6 Å². The van der Waals surface area contributed by atoms with Crippen LogP contribution < -0.4 is 0 Å². The zero-order valence-corrected chi connectivity index (χ0v) is 9.30. The van der Waals surface area contributed by atoms with E-state index >= 15 is 0 Å². The number of ether oxygens (including phenoxy) is 1. The van der Waals surface area contributed by atoms with Gasteiger partial charge in [0.05, 0.1) is 6.04 Å². The molecule has 0 radical (unpaired) electrons. The maximum Gasteiger partial charge on any atom is 0.411 e. The van der Waals surface area contributed by atoms with Crippen LogP contribution in [0, 0.1) is 0 Å². The first kappa shape index (κ1) is 10.7. The summed E-state index contributed by atoms with van der Waals surface area (Å²) in [5.41, 5.74) is 1.11. The van der Waals surface area contributed by atoms with Crippen LogP contribution in [0.1, 0.15) is 12.5 Å². The van der Waals surface area contributed by atoms with Gasteiger partial charge in [0.15, 0.2) is 0 Å². The Balaban J connectivity index is 2.11. The van der Waals surface area contributed by atoms with Crippen LogP contribution in [0.2, 0.25) is 0 Å². The van der Waals surface area contributed by atoms with Gasteiger partial charge in [0.2, 0.25) is 0 Å². The number of amides is 1. The molecule has 0 spiro atoms. The van der Waals surface area contributed by atoms with Gasteiger partial charge in [-0.3, -0.25) is 4.90 Å². The first-order chi connectivity index (χ1) is 7.72. The number of rotatable bonds is 3. The zero-order valence-electron chi connectivity index (χ0n) is 9.30. The van der Waals surface area contributed by atoms with E-state index in [4.69, 9.17) is 4.74 Å². The van der Waals surface area contributed by atoms with Gasteiger partial charge in [-0.1, -0.05) is 36.9 Å². The molecule has 1 heterocycles. The van der Waals surface area contributed by atoms with Crippen LogP contribution in [0.15, 0.2) is 43.0 Å². The summed E-state index contributed by atoms with van der Waals surface area (Å²) in [7, 11) is 0. The molecule has 2 atom stereocenters. The van der Waals surface area contributed by atoms with Crippen molar-refractivity contribution in [2.24, 2.45) is 0 Å². The molecule has 1 saturated heterocycles. The van der Waals surface area contributed by atoms with E-state index in [0.29, 0.717) is 6.54 Å². The van der Waals surface area contributed by atoms with Gasteiger partial charge in [-0.25, -0.2) is 4.79 Å². The average Bonchev–Trinajstić information content (AvgIpc) is 2.58. The van der Waals surface area contributed by atoms with Crippen molar-refractivity contribution in [3.8, 4) is 0 Å². The molecule has 1 amide bonds. The molecule has 0 bridgehead atoms. The average molecular weight is 217 g/mol. The molecule has 0 aliphatic carbocycles. The molecule has 16 heavy (non-hydrogen) atoms. The van der Waals surface area contributed by atoms with Gasteiger partial charge in [0.1, 0.15) is 6.10 Å². The highest BCUT2D eigenvalue weighted by atomic mass is 16.6. The Morgan fingerprint density at radius 1 is 1.44 bits per heavy atom. The van der Waals surface area contributed by atoms with E-state index in [0.717, 1.165) is 5.56 Å². The van der Waals surface area contributed by atoms with Crippen molar-refractivity contribution < 1.29 is 9.53 Å². The van der Waals surface area contributed by atoms with E-state index in [1.165, 1.54) is 0 Å². The standard InChI is InChI=1S/C13H15NO2/c1-3-12-10(2)14(13(15)16-12)9-11-7-5-4-6-8-11/h3-8,10,12H,1,9H2,2H3/t10-,12?/m0/s1. The van der Waals surface area contributed by atoms with Crippen LogP contribution >= 0.6 is 0 Å². The van der Waals surface area contributed by atoms with Gasteiger partial charge >= 0.3 is 6.09 Å². The van der Waals surface area contributed by atoms with Crippen LogP contribution in [0.25, 0.3) is 0 Å². The van der Waals surface area contributed by atoms with E-state index in [9.17, 15) is 4.79 Å². The van der Waals surface area contributed by atoms with Crippen molar-refractivity contribution in [2.75, 3.05) is 0 Å². The normalized spacial score (nSPS) is 24.3. The summed E-state index contributed by atoms with van der Waals surface area (Å²) in [4.78, 5) is 13.3. The van der Waals surface area contributed by atoms with Gasteiger partial charge in [-0.2, -0.15) is 0 Å². The molecule has 2 rings (SSSR count). The smallest absolute Gasteiger partial charge is 0.411 e. The van der Waals surface area contributed by atoms with Crippen molar-refractivity contribution in [3.63, 3.8) is 0 Å². The van der Waals surface area contributed by atoms with Gasteiger partial charge in [-0.15, -0.1) is 0 Å². The molecule has 0 saturated carbocycles. The summed E-state index contributed by atoms with van der Waals surface area (Å²) in [6, 6.07) is 9.94. The molecular formula is C13H15NO2. The molecule has 1 unspecified atom stereocenters. The molecule has 3 nitrogen and oxygen atoms in total. The number of nitrogens with zero attached hydrogens (tertiary/aromatic N) is 1. The molecule has 0 aromatic heterocycles. The third-order valence-corrected chi connectivity index (χ3v) is 2.87. The van der Waals surface area contributed by atoms with Crippen molar-refractivity contribution in [1.29, 1.82) is 0 Å². The minimum Gasteiger partial charge on any atom is -0.440 e. The Bertz CT molecular complexity index is 388. The van der Waals surface area contributed by atoms with Crippen molar-refractivity contribution in [1.82, 2.24) is 4.90 Å². The fraction of sp³-hybridized carbons (Fsp3) is 0.308. The van der Waals surface area contributed by atoms with Crippen molar-refractivity contribution in [2.45, 2.75) is 25.6 Å². The largest absolute Gasteiger partial charge is 0.440 e. The Kier molecular flexibility index (Phi) is 2.95. The summed E-state index contributed by atoms with van der Waals surface area (Å²) < 4.78 is 5.18. The highest BCUT2D eigenvalue weighted by Crippen LogP contribution is 2.22. The summed E-state index contributed by atoms with van der Waals surface area (Å²) in [6.07, 6.45) is 1.21. The Morgan fingerprint density at radius 3 is 2.69 bits per heavy atom. The highest BCUT2D eigenvalue weighted by Gasteiger charge is 2.36. The topological polar surface area (TPSA) is 29.5 Å². The molecule has 1 fully saturated rings. The lowest BCUT2D eigenvalue weighted by Gasteiger charge is -2.19. The number of hydrogen-bond acceptors (Lipinski definition) is 2. The Morgan fingerprint density at radius 2 is 2.12 bits per heavy atom. The predicted molar refractivity (Wildman–Crippen MR) is 61.9 cm³/mol. The van der Waals surface area contributed by atoms with Crippen LogP contribution in [-0.4, -0.2) is 23.1 Å². The molecule has 1 aliphatic heterocycles. The lowest BCUT2D eigenvalue weighted by Crippen LogP contribution is -2.32. The molecule has 1 aromatic carbocycles. The molecule has 84 valence electrons. The molecule has 1 aliphatic rings. The van der Waals surface area contributed by atoms with E-state index in [1.807, 2.05) is 37.3 Å². The molecule has 3 heteroatoms. The summed E-state index contributed by atoms with van der Waals surface area (Å²) in [6.45, 7) is 6.23. The molecule has 0 N–H and O–H groups in total. The fourth-order valence-electron chi connectivity index (χ4n) is 1.86. The minimum atomic E-state index is -0.263.